The lowest BCUT2D eigenvalue weighted by Gasteiger charge is -2.34. The van der Waals surface area contributed by atoms with Crippen molar-refractivity contribution in [1.82, 2.24) is 15.1 Å². The van der Waals surface area contributed by atoms with Gasteiger partial charge in [0.05, 0.1) is 11.5 Å². The van der Waals surface area contributed by atoms with Gasteiger partial charge in [-0.2, -0.15) is 0 Å². The molecule has 0 aromatic rings. The first-order valence-corrected chi connectivity index (χ1v) is 7.64. The largest absolute Gasteiger partial charge is 0.349 e. The second-order valence-corrected chi connectivity index (χ2v) is 6.81. The molecule has 3 N–H and O–H groups in total. The van der Waals surface area contributed by atoms with Crippen LogP contribution in [0.25, 0.3) is 0 Å². The van der Waals surface area contributed by atoms with Crippen molar-refractivity contribution < 1.29 is 9.59 Å². The van der Waals surface area contributed by atoms with Gasteiger partial charge in [0, 0.05) is 32.6 Å². The van der Waals surface area contributed by atoms with Crippen molar-refractivity contribution in [1.29, 1.82) is 0 Å². The van der Waals surface area contributed by atoms with E-state index in [1.54, 1.807) is 4.90 Å². The normalized spacial score (nSPS) is 22.0. The van der Waals surface area contributed by atoms with E-state index in [-0.39, 0.29) is 23.7 Å². The Bertz CT molecular complexity index is 384. The molecule has 2 atom stereocenters. The van der Waals surface area contributed by atoms with Crippen molar-refractivity contribution in [3.8, 4) is 0 Å². The van der Waals surface area contributed by atoms with Gasteiger partial charge in [0.2, 0.25) is 11.8 Å². The molecule has 0 saturated carbocycles. The summed E-state index contributed by atoms with van der Waals surface area (Å²) in [6.07, 6.45) is 0.304. The summed E-state index contributed by atoms with van der Waals surface area (Å²) in [6.45, 7) is 8.42. The molecule has 122 valence electrons. The highest BCUT2D eigenvalue weighted by Crippen LogP contribution is 2.21. The van der Waals surface area contributed by atoms with Crippen LogP contribution in [-0.4, -0.2) is 67.4 Å². The minimum atomic E-state index is -0.419. The lowest BCUT2D eigenvalue weighted by Crippen LogP contribution is -2.56. The Hall–Kier alpha value is -1.14. The molecule has 2 unspecified atom stereocenters. The number of carbonyl (C=O) groups excluding carboxylic acids is 2. The van der Waals surface area contributed by atoms with E-state index in [2.05, 4.69) is 5.32 Å². The predicted molar refractivity (Wildman–Crippen MR) is 83.7 cm³/mol. The van der Waals surface area contributed by atoms with Gasteiger partial charge in [-0.05, 0) is 26.9 Å². The van der Waals surface area contributed by atoms with Gasteiger partial charge in [0.25, 0.3) is 0 Å². The lowest BCUT2D eigenvalue weighted by atomic mass is 9.87. The number of nitrogens with zero attached hydrogens (tertiary/aromatic N) is 2. The fourth-order valence-electron chi connectivity index (χ4n) is 2.30. The van der Waals surface area contributed by atoms with E-state index >= 15 is 0 Å². The van der Waals surface area contributed by atoms with E-state index in [1.165, 1.54) is 0 Å². The zero-order valence-electron chi connectivity index (χ0n) is 14.0. The molecule has 1 heterocycles. The highest BCUT2D eigenvalue weighted by atomic mass is 16.2. The first kappa shape index (κ1) is 17.9. The maximum absolute atomic E-state index is 12.4. The molecule has 0 bridgehead atoms. The summed E-state index contributed by atoms with van der Waals surface area (Å²) in [5.74, 6) is -0.00830. The summed E-state index contributed by atoms with van der Waals surface area (Å²) in [7, 11) is 3.94. The van der Waals surface area contributed by atoms with Crippen molar-refractivity contribution in [3.05, 3.63) is 0 Å². The summed E-state index contributed by atoms with van der Waals surface area (Å²) >= 11 is 0. The molecular formula is C15H30N4O2. The van der Waals surface area contributed by atoms with Crippen molar-refractivity contribution in [3.63, 3.8) is 0 Å². The van der Waals surface area contributed by atoms with Crippen LogP contribution < -0.4 is 11.1 Å². The Balaban J connectivity index is 2.59. The monoisotopic (exact) mass is 298 g/mol. The smallest absolute Gasteiger partial charge is 0.225 e. The molecule has 0 aromatic heterocycles. The number of likely N-dealkylation sites (N-methyl/N-ethyl adjacent to an activating group) is 1. The Morgan fingerprint density at radius 3 is 2.62 bits per heavy atom. The molecule has 6 nitrogen and oxygen atoms in total. The summed E-state index contributed by atoms with van der Waals surface area (Å²) in [4.78, 5) is 28.2. The van der Waals surface area contributed by atoms with Crippen LogP contribution in [0.15, 0.2) is 0 Å². The molecule has 21 heavy (non-hydrogen) atoms. The molecule has 1 rings (SSSR count). The number of hydrogen-bond acceptors (Lipinski definition) is 4. The van der Waals surface area contributed by atoms with Crippen molar-refractivity contribution >= 4 is 11.8 Å². The van der Waals surface area contributed by atoms with Crippen LogP contribution >= 0.6 is 0 Å². The molecule has 6 heteroatoms. The van der Waals surface area contributed by atoms with Crippen LogP contribution in [0.4, 0.5) is 0 Å². The minimum Gasteiger partial charge on any atom is -0.349 e. The number of nitrogens with one attached hydrogen (secondary N) is 1. The Kier molecular flexibility index (Phi) is 6.16. The second-order valence-electron chi connectivity index (χ2n) is 6.81. The second kappa shape index (κ2) is 7.22. The van der Waals surface area contributed by atoms with E-state index in [0.29, 0.717) is 26.1 Å². The van der Waals surface area contributed by atoms with Crippen LogP contribution in [-0.2, 0) is 9.59 Å². The van der Waals surface area contributed by atoms with Gasteiger partial charge < -0.3 is 20.9 Å². The number of hydrogen-bond donors (Lipinski definition) is 2. The average molecular weight is 298 g/mol. The molecule has 1 aliphatic rings. The van der Waals surface area contributed by atoms with Crippen LogP contribution in [0.5, 0.6) is 0 Å². The summed E-state index contributed by atoms with van der Waals surface area (Å²) in [5, 5.41) is 3.04. The first-order chi connectivity index (χ1) is 9.69. The minimum absolute atomic E-state index is 0.0580. The third-order valence-electron chi connectivity index (χ3n) is 4.51. The SMILES string of the molecule is CC(C)C(C)(CN)NC(=O)C1CC(=O)N(CCN(C)C)C1. The van der Waals surface area contributed by atoms with E-state index in [4.69, 9.17) is 5.73 Å². The topological polar surface area (TPSA) is 78.7 Å². The quantitative estimate of drug-likeness (QED) is 0.687. The van der Waals surface area contributed by atoms with Gasteiger partial charge in [-0.25, -0.2) is 0 Å². The van der Waals surface area contributed by atoms with Gasteiger partial charge >= 0.3 is 0 Å². The molecule has 2 amide bonds. The van der Waals surface area contributed by atoms with Crippen molar-refractivity contribution in [2.45, 2.75) is 32.7 Å². The van der Waals surface area contributed by atoms with Gasteiger partial charge in [0.15, 0.2) is 0 Å². The highest BCUT2D eigenvalue weighted by Gasteiger charge is 2.37. The third-order valence-corrected chi connectivity index (χ3v) is 4.51. The van der Waals surface area contributed by atoms with E-state index < -0.39 is 5.54 Å². The van der Waals surface area contributed by atoms with Crippen molar-refractivity contribution in [2.75, 3.05) is 40.3 Å². The zero-order valence-corrected chi connectivity index (χ0v) is 14.0. The van der Waals surface area contributed by atoms with Crippen LogP contribution in [0, 0.1) is 11.8 Å². The number of likely N-dealkylation sites (tertiary alicyclic amines) is 1. The molecule has 1 fully saturated rings. The highest BCUT2D eigenvalue weighted by molar-refractivity contribution is 5.89. The van der Waals surface area contributed by atoms with Gasteiger partial charge in [0.1, 0.15) is 0 Å². The Morgan fingerprint density at radius 1 is 1.52 bits per heavy atom. The predicted octanol–water partition coefficient (Wildman–Crippen LogP) is -0.114. The molecule has 1 saturated heterocycles. The summed E-state index contributed by atoms with van der Waals surface area (Å²) in [6, 6.07) is 0. The van der Waals surface area contributed by atoms with Crippen LogP contribution in [0.3, 0.4) is 0 Å². The van der Waals surface area contributed by atoms with Crippen LogP contribution in [0.2, 0.25) is 0 Å². The Labute approximate surface area is 128 Å². The van der Waals surface area contributed by atoms with E-state index in [0.717, 1.165) is 6.54 Å². The fraction of sp³-hybridized carbons (Fsp3) is 0.867. The van der Waals surface area contributed by atoms with Crippen molar-refractivity contribution in [2.24, 2.45) is 17.6 Å². The molecule has 0 aromatic carbocycles. The van der Waals surface area contributed by atoms with Crippen LogP contribution in [0.1, 0.15) is 27.2 Å². The standard InChI is InChI=1S/C15H30N4O2/c1-11(2)15(3,10-16)17-14(21)12-8-13(20)19(9-12)7-6-18(4)5/h11-12H,6-10,16H2,1-5H3,(H,17,21). The average Bonchev–Trinajstić information content (AvgIpc) is 2.77. The van der Waals surface area contributed by atoms with E-state index in [9.17, 15) is 9.59 Å². The molecular weight excluding hydrogens is 268 g/mol. The first-order valence-electron chi connectivity index (χ1n) is 7.64. The van der Waals surface area contributed by atoms with Gasteiger partial charge in [-0.15, -0.1) is 0 Å². The maximum atomic E-state index is 12.4. The van der Waals surface area contributed by atoms with Gasteiger partial charge in [-0.3, -0.25) is 9.59 Å². The van der Waals surface area contributed by atoms with E-state index in [1.807, 2.05) is 39.8 Å². The lowest BCUT2D eigenvalue weighted by molar-refractivity contribution is -0.129. The van der Waals surface area contributed by atoms with Gasteiger partial charge in [-0.1, -0.05) is 13.8 Å². The molecule has 0 radical (unpaired) electrons. The molecule has 1 aliphatic heterocycles. The number of nitrogens with two attached hydrogens (primary N) is 1. The Morgan fingerprint density at radius 2 is 2.14 bits per heavy atom. The third kappa shape index (κ3) is 4.68. The number of rotatable bonds is 7. The summed E-state index contributed by atoms with van der Waals surface area (Å²) < 4.78 is 0. The maximum Gasteiger partial charge on any atom is 0.225 e. The number of amides is 2. The fourth-order valence-corrected chi connectivity index (χ4v) is 2.30. The molecule has 0 aliphatic carbocycles. The summed E-state index contributed by atoms with van der Waals surface area (Å²) in [5.41, 5.74) is 5.37. The zero-order chi connectivity index (χ0) is 16.2. The molecule has 0 spiro atoms. The number of carbonyl (C=O) groups is 2.